The molecule has 6 heteroatoms. The number of nitrogens with one attached hydrogen (secondary N) is 2. The monoisotopic (exact) mass is 329 g/mol. The van der Waals surface area contributed by atoms with Crippen LogP contribution in [0.1, 0.15) is 43.0 Å². The fourth-order valence-electron chi connectivity index (χ4n) is 4.15. The lowest BCUT2D eigenvalue weighted by Crippen LogP contribution is -2.48. The van der Waals surface area contributed by atoms with Crippen molar-refractivity contribution in [2.75, 3.05) is 5.73 Å². The van der Waals surface area contributed by atoms with E-state index in [4.69, 9.17) is 5.73 Å². The van der Waals surface area contributed by atoms with Gasteiger partial charge >= 0.3 is 11.8 Å². The normalized spacial score (nSPS) is 26.0. The van der Waals surface area contributed by atoms with Crippen LogP contribution in [0.25, 0.3) is 0 Å². The van der Waals surface area contributed by atoms with Crippen LogP contribution in [0.15, 0.2) is 24.3 Å². The second kappa shape index (κ2) is 6.63. The van der Waals surface area contributed by atoms with Gasteiger partial charge in [0, 0.05) is 17.3 Å². The number of anilines is 1. The lowest BCUT2D eigenvalue weighted by Gasteiger charge is -2.28. The molecule has 2 aliphatic rings. The molecule has 2 aliphatic carbocycles. The molecule has 3 amide bonds. The minimum atomic E-state index is -0.924. The van der Waals surface area contributed by atoms with Crippen molar-refractivity contribution in [3.05, 3.63) is 29.8 Å². The average Bonchev–Trinajstić information content (AvgIpc) is 3.18. The summed E-state index contributed by atoms with van der Waals surface area (Å²) in [6, 6.07) is 6.10. The maximum Gasteiger partial charge on any atom is 0.316 e. The van der Waals surface area contributed by atoms with Gasteiger partial charge in [-0.25, -0.2) is 0 Å². The first-order valence-electron chi connectivity index (χ1n) is 8.45. The van der Waals surface area contributed by atoms with Gasteiger partial charge in [0.25, 0.3) is 5.91 Å². The zero-order valence-electron chi connectivity index (χ0n) is 13.7. The minimum Gasteiger partial charge on any atom is -0.399 e. The number of imide groups is 1. The van der Waals surface area contributed by atoms with Crippen LogP contribution < -0.4 is 16.4 Å². The number of hydrogen-bond donors (Lipinski definition) is 3. The third-order valence-electron chi connectivity index (χ3n) is 5.40. The van der Waals surface area contributed by atoms with Gasteiger partial charge in [-0.1, -0.05) is 6.42 Å². The molecule has 4 atom stereocenters. The van der Waals surface area contributed by atoms with Crippen LogP contribution in [-0.2, 0) is 9.59 Å². The molecule has 0 aliphatic heterocycles. The van der Waals surface area contributed by atoms with Crippen LogP contribution in [-0.4, -0.2) is 23.8 Å². The molecule has 2 fully saturated rings. The highest BCUT2D eigenvalue weighted by atomic mass is 16.2. The molecule has 24 heavy (non-hydrogen) atoms. The highest BCUT2D eigenvalue weighted by Crippen LogP contribution is 2.49. The van der Waals surface area contributed by atoms with Gasteiger partial charge in [-0.15, -0.1) is 0 Å². The molecule has 0 heterocycles. The number of fused-ring (bicyclic) bond motifs is 2. The van der Waals surface area contributed by atoms with Gasteiger partial charge in [0.15, 0.2) is 0 Å². The Morgan fingerprint density at radius 3 is 2.38 bits per heavy atom. The smallest absolute Gasteiger partial charge is 0.316 e. The van der Waals surface area contributed by atoms with Gasteiger partial charge < -0.3 is 11.1 Å². The summed E-state index contributed by atoms with van der Waals surface area (Å²) in [5.41, 5.74) is 6.36. The molecule has 4 unspecified atom stereocenters. The summed E-state index contributed by atoms with van der Waals surface area (Å²) in [4.78, 5) is 35.9. The molecule has 4 N–H and O–H groups in total. The summed E-state index contributed by atoms with van der Waals surface area (Å²) in [5.74, 6) is -0.415. The van der Waals surface area contributed by atoms with Crippen LogP contribution in [0.5, 0.6) is 0 Å². The van der Waals surface area contributed by atoms with Gasteiger partial charge in [-0.2, -0.15) is 0 Å². The summed E-state index contributed by atoms with van der Waals surface area (Å²) in [6.45, 7) is 1.94. The zero-order chi connectivity index (χ0) is 17.3. The van der Waals surface area contributed by atoms with E-state index in [1.165, 1.54) is 31.4 Å². The van der Waals surface area contributed by atoms with Gasteiger partial charge in [0.05, 0.1) is 0 Å². The summed E-state index contributed by atoms with van der Waals surface area (Å²) < 4.78 is 0. The maximum atomic E-state index is 12.0. The molecular weight excluding hydrogens is 306 g/mol. The van der Waals surface area contributed by atoms with Gasteiger partial charge in [0.2, 0.25) is 0 Å². The van der Waals surface area contributed by atoms with E-state index >= 15 is 0 Å². The Labute approximate surface area is 141 Å². The number of carbonyl (C=O) groups excluding carboxylic acids is 3. The van der Waals surface area contributed by atoms with Gasteiger partial charge in [-0.3, -0.25) is 19.7 Å². The maximum absolute atomic E-state index is 12.0. The first-order valence-corrected chi connectivity index (χ1v) is 8.45. The van der Waals surface area contributed by atoms with Gasteiger partial charge in [0.1, 0.15) is 0 Å². The number of nitrogen functional groups attached to an aromatic ring is 1. The molecule has 0 aromatic heterocycles. The first kappa shape index (κ1) is 16.5. The predicted molar refractivity (Wildman–Crippen MR) is 89.9 cm³/mol. The third-order valence-corrected chi connectivity index (χ3v) is 5.40. The van der Waals surface area contributed by atoms with E-state index in [0.717, 1.165) is 12.3 Å². The van der Waals surface area contributed by atoms with E-state index < -0.39 is 17.7 Å². The highest BCUT2D eigenvalue weighted by molar-refractivity contribution is 6.38. The molecule has 1 aromatic carbocycles. The quantitative estimate of drug-likeness (QED) is 0.577. The van der Waals surface area contributed by atoms with Crippen LogP contribution in [0.2, 0.25) is 0 Å². The van der Waals surface area contributed by atoms with Crippen LogP contribution in [0.4, 0.5) is 5.69 Å². The van der Waals surface area contributed by atoms with Crippen LogP contribution in [0, 0.1) is 17.8 Å². The Hall–Kier alpha value is -2.37. The Kier molecular flexibility index (Phi) is 4.55. The predicted octanol–water partition coefficient (Wildman–Crippen LogP) is 1.47. The van der Waals surface area contributed by atoms with Crippen molar-refractivity contribution in [2.45, 2.75) is 38.6 Å². The lowest BCUT2D eigenvalue weighted by atomic mass is 9.84. The minimum absolute atomic E-state index is 0.0508. The van der Waals surface area contributed by atoms with Crippen molar-refractivity contribution in [1.29, 1.82) is 0 Å². The molecule has 1 aromatic rings. The summed E-state index contributed by atoms with van der Waals surface area (Å²) in [5, 5.41) is 4.86. The zero-order valence-corrected chi connectivity index (χ0v) is 13.7. The molecule has 0 saturated heterocycles. The van der Waals surface area contributed by atoms with Crippen molar-refractivity contribution in [3.63, 3.8) is 0 Å². The number of nitrogens with two attached hydrogens (primary N) is 1. The van der Waals surface area contributed by atoms with E-state index in [1.807, 2.05) is 6.92 Å². The lowest BCUT2D eigenvalue weighted by molar-refractivity contribution is -0.139. The number of hydrogen-bond acceptors (Lipinski definition) is 4. The largest absolute Gasteiger partial charge is 0.399 e. The molecule has 2 saturated carbocycles. The molecule has 0 spiro atoms. The van der Waals surface area contributed by atoms with Crippen molar-refractivity contribution in [1.82, 2.24) is 10.6 Å². The fraction of sp³-hybridized carbons (Fsp3) is 0.500. The molecule has 128 valence electrons. The summed E-state index contributed by atoms with van der Waals surface area (Å²) in [7, 11) is 0. The Balaban J connectivity index is 1.52. The first-order chi connectivity index (χ1) is 11.4. The second-order valence-corrected chi connectivity index (χ2v) is 7.01. The molecule has 6 nitrogen and oxygen atoms in total. The SMILES string of the molecule is CC(NC(=O)C(=O)NC(=O)c1ccc(N)cc1)C1CC2CCC1C2. The van der Waals surface area contributed by atoms with E-state index in [-0.39, 0.29) is 11.6 Å². The van der Waals surface area contributed by atoms with E-state index in [9.17, 15) is 14.4 Å². The number of carbonyl (C=O) groups is 3. The van der Waals surface area contributed by atoms with Crippen LogP contribution in [0.3, 0.4) is 0 Å². The molecule has 0 radical (unpaired) electrons. The summed E-state index contributed by atoms with van der Waals surface area (Å²) in [6.07, 6.45) is 4.88. The van der Waals surface area contributed by atoms with Crippen molar-refractivity contribution in [2.24, 2.45) is 17.8 Å². The van der Waals surface area contributed by atoms with Crippen LogP contribution >= 0.6 is 0 Å². The van der Waals surface area contributed by atoms with Gasteiger partial charge in [-0.05, 0) is 68.2 Å². The Morgan fingerprint density at radius 1 is 1.08 bits per heavy atom. The summed E-state index contributed by atoms with van der Waals surface area (Å²) >= 11 is 0. The van der Waals surface area contributed by atoms with Crippen molar-refractivity contribution < 1.29 is 14.4 Å². The van der Waals surface area contributed by atoms with Crippen molar-refractivity contribution >= 4 is 23.4 Å². The Bertz CT molecular complexity index is 656. The Morgan fingerprint density at radius 2 is 1.79 bits per heavy atom. The highest BCUT2D eigenvalue weighted by Gasteiger charge is 2.42. The number of rotatable bonds is 3. The van der Waals surface area contributed by atoms with Crippen molar-refractivity contribution in [3.8, 4) is 0 Å². The standard InChI is InChI=1S/C18H23N3O3/c1-10(15-9-11-2-3-13(15)8-11)20-17(23)18(24)21-16(22)12-4-6-14(19)7-5-12/h4-7,10-11,13,15H,2-3,8-9,19H2,1H3,(H,20,23)(H,21,22,24). The van der Waals surface area contributed by atoms with E-state index in [1.54, 1.807) is 12.1 Å². The second-order valence-electron chi connectivity index (χ2n) is 7.01. The molecule has 3 rings (SSSR count). The molecular formula is C18H23N3O3. The number of amides is 3. The molecule has 2 bridgehead atoms. The van der Waals surface area contributed by atoms with E-state index in [2.05, 4.69) is 10.6 Å². The third kappa shape index (κ3) is 3.42. The topological polar surface area (TPSA) is 101 Å². The average molecular weight is 329 g/mol. The fourth-order valence-corrected chi connectivity index (χ4v) is 4.15. The number of benzene rings is 1. The van der Waals surface area contributed by atoms with E-state index in [0.29, 0.717) is 17.5 Å².